The molecule has 1 aliphatic rings. The van der Waals surface area contributed by atoms with Crippen molar-refractivity contribution in [1.82, 2.24) is 14.7 Å². The number of rotatable bonds is 1. The second kappa shape index (κ2) is 3.79. The van der Waals surface area contributed by atoms with E-state index in [9.17, 15) is 0 Å². The summed E-state index contributed by atoms with van der Waals surface area (Å²) in [6.45, 7) is 2.15. The molecule has 0 saturated carbocycles. The van der Waals surface area contributed by atoms with Crippen molar-refractivity contribution in [3.63, 3.8) is 0 Å². The fraction of sp³-hybridized carbons (Fsp3) is 0.417. The zero-order valence-corrected chi connectivity index (χ0v) is 9.19. The molecular formula is C12H16N4. The van der Waals surface area contributed by atoms with Crippen LogP contribution in [0, 0.1) is 0 Å². The van der Waals surface area contributed by atoms with Crippen LogP contribution in [0.2, 0.25) is 0 Å². The Morgan fingerprint density at radius 2 is 2.12 bits per heavy atom. The van der Waals surface area contributed by atoms with Crippen LogP contribution >= 0.6 is 0 Å². The number of nitrogens with two attached hydrogens (primary N) is 1. The first-order valence-electron chi connectivity index (χ1n) is 5.79. The van der Waals surface area contributed by atoms with Crippen LogP contribution in [0.4, 0.5) is 5.82 Å². The number of aromatic nitrogens is 2. The molecule has 0 aromatic carbocycles. The molecule has 3 rings (SSSR count). The third-order valence-corrected chi connectivity index (χ3v) is 3.31. The van der Waals surface area contributed by atoms with Crippen LogP contribution in [0.15, 0.2) is 24.4 Å². The van der Waals surface area contributed by atoms with Crippen molar-refractivity contribution in [2.45, 2.75) is 18.8 Å². The van der Waals surface area contributed by atoms with Gasteiger partial charge in [-0.3, -0.25) is 4.40 Å². The standard InChI is InChI=1S/C12H16N4/c13-11-3-1-2-10-8-15-12(16(10)11)9-4-6-14-7-5-9/h1-3,8-9,14H,4-7,13H2. The molecule has 0 amide bonds. The van der Waals surface area contributed by atoms with Crippen molar-refractivity contribution in [2.24, 2.45) is 0 Å². The summed E-state index contributed by atoms with van der Waals surface area (Å²) in [4.78, 5) is 4.54. The van der Waals surface area contributed by atoms with Gasteiger partial charge in [-0.1, -0.05) is 6.07 Å². The van der Waals surface area contributed by atoms with Gasteiger partial charge in [0.1, 0.15) is 11.6 Å². The van der Waals surface area contributed by atoms with Gasteiger partial charge in [0, 0.05) is 5.92 Å². The third kappa shape index (κ3) is 1.46. The molecule has 3 N–H and O–H groups in total. The first kappa shape index (κ1) is 9.66. The van der Waals surface area contributed by atoms with E-state index in [1.165, 1.54) is 0 Å². The molecule has 0 bridgehead atoms. The predicted octanol–water partition coefficient (Wildman–Crippen LogP) is 1.38. The van der Waals surface area contributed by atoms with Gasteiger partial charge >= 0.3 is 0 Å². The summed E-state index contributed by atoms with van der Waals surface area (Å²) >= 11 is 0. The van der Waals surface area contributed by atoms with E-state index in [1.807, 2.05) is 24.4 Å². The summed E-state index contributed by atoms with van der Waals surface area (Å²) in [7, 11) is 0. The Labute approximate surface area is 94.5 Å². The maximum absolute atomic E-state index is 6.02. The lowest BCUT2D eigenvalue weighted by Gasteiger charge is -2.22. The summed E-state index contributed by atoms with van der Waals surface area (Å²) in [5.41, 5.74) is 7.11. The minimum absolute atomic E-state index is 0.536. The van der Waals surface area contributed by atoms with Crippen molar-refractivity contribution in [3.05, 3.63) is 30.2 Å². The van der Waals surface area contributed by atoms with Gasteiger partial charge in [0.15, 0.2) is 0 Å². The van der Waals surface area contributed by atoms with Crippen LogP contribution in [0.3, 0.4) is 0 Å². The number of nitrogen functional groups attached to an aromatic ring is 1. The fourth-order valence-electron chi connectivity index (χ4n) is 2.47. The summed E-state index contributed by atoms with van der Waals surface area (Å²) in [5, 5.41) is 3.37. The molecular weight excluding hydrogens is 200 g/mol. The van der Waals surface area contributed by atoms with Crippen LogP contribution in [0.25, 0.3) is 5.52 Å². The first-order chi connectivity index (χ1) is 7.86. The van der Waals surface area contributed by atoms with E-state index in [0.717, 1.165) is 43.1 Å². The van der Waals surface area contributed by atoms with Crippen LogP contribution < -0.4 is 11.1 Å². The minimum Gasteiger partial charge on any atom is -0.385 e. The van der Waals surface area contributed by atoms with Crippen molar-refractivity contribution >= 4 is 11.3 Å². The topological polar surface area (TPSA) is 55.3 Å². The largest absolute Gasteiger partial charge is 0.385 e. The lowest BCUT2D eigenvalue weighted by Crippen LogP contribution is -2.27. The van der Waals surface area contributed by atoms with Gasteiger partial charge in [0.05, 0.1) is 11.7 Å². The SMILES string of the molecule is Nc1cccc2cnc(C3CCNCC3)n12. The summed E-state index contributed by atoms with van der Waals surface area (Å²) in [6, 6.07) is 5.95. The second-order valence-corrected chi connectivity index (χ2v) is 4.35. The number of piperidine rings is 1. The highest BCUT2D eigenvalue weighted by atomic mass is 15.1. The Morgan fingerprint density at radius 3 is 2.94 bits per heavy atom. The summed E-state index contributed by atoms with van der Waals surface area (Å²) in [6.07, 6.45) is 4.20. The number of anilines is 1. The average Bonchev–Trinajstić information content (AvgIpc) is 2.75. The van der Waals surface area contributed by atoms with Gasteiger partial charge in [0.2, 0.25) is 0 Å². The number of hydrogen-bond donors (Lipinski definition) is 2. The molecule has 2 aromatic rings. The highest BCUT2D eigenvalue weighted by molar-refractivity contribution is 5.53. The zero-order valence-electron chi connectivity index (χ0n) is 9.19. The quantitative estimate of drug-likeness (QED) is 0.757. The molecule has 16 heavy (non-hydrogen) atoms. The van der Waals surface area contributed by atoms with Crippen LogP contribution in [0.1, 0.15) is 24.6 Å². The van der Waals surface area contributed by atoms with Gasteiger partial charge in [-0.15, -0.1) is 0 Å². The van der Waals surface area contributed by atoms with Crippen molar-refractivity contribution in [1.29, 1.82) is 0 Å². The molecule has 3 heterocycles. The maximum atomic E-state index is 6.02. The Morgan fingerprint density at radius 1 is 1.31 bits per heavy atom. The van der Waals surface area contributed by atoms with Crippen LogP contribution in [-0.4, -0.2) is 22.5 Å². The van der Waals surface area contributed by atoms with Crippen LogP contribution in [-0.2, 0) is 0 Å². The molecule has 0 unspecified atom stereocenters. The molecule has 0 radical (unpaired) electrons. The molecule has 0 spiro atoms. The predicted molar refractivity (Wildman–Crippen MR) is 64.4 cm³/mol. The van der Waals surface area contributed by atoms with E-state index < -0.39 is 0 Å². The van der Waals surface area contributed by atoms with E-state index >= 15 is 0 Å². The van der Waals surface area contributed by atoms with Gasteiger partial charge in [-0.05, 0) is 38.1 Å². The first-order valence-corrected chi connectivity index (χ1v) is 5.79. The van der Waals surface area contributed by atoms with Gasteiger partial charge < -0.3 is 11.1 Å². The fourth-order valence-corrected chi connectivity index (χ4v) is 2.47. The molecule has 84 valence electrons. The Balaban J connectivity index is 2.09. The monoisotopic (exact) mass is 216 g/mol. The van der Waals surface area contributed by atoms with E-state index in [1.54, 1.807) is 0 Å². The van der Waals surface area contributed by atoms with E-state index in [2.05, 4.69) is 14.7 Å². The van der Waals surface area contributed by atoms with Crippen molar-refractivity contribution in [3.8, 4) is 0 Å². The molecule has 2 aromatic heterocycles. The van der Waals surface area contributed by atoms with E-state index in [4.69, 9.17) is 5.73 Å². The molecule has 0 atom stereocenters. The zero-order chi connectivity index (χ0) is 11.0. The van der Waals surface area contributed by atoms with E-state index in [0.29, 0.717) is 5.92 Å². The van der Waals surface area contributed by atoms with Gasteiger partial charge in [0.25, 0.3) is 0 Å². The third-order valence-electron chi connectivity index (χ3n) is 3.31. The molecule has 1 fully saturated rings. The second-order valence-electron chi connectivity index (χ2n) is 4.35. The Kier molecular flexibility index (Phi) is 2.29. The van der Waals surface area contributed by atoms with Crippen LogP contribution in [0.5, 0.6) is 0 Å². The number of hydrogen-bond acceptors (Lipinski definition) is 3. The lowest BCUT2D eigenvalue weighted by atomic mass is 9.97. The number of nitrogens with zero attached hydrogens (tertiary/aromatic N) is 2. The highest BCUT2D eigenvalue weighted by Crippen LogP contribution is 2.26. The van der Waals surface area contributed by atoms with E-state index in [-0.39, 0.29) is 0 Å². The highest BCUT2D eigenvalue weighted by Gasteiger charge is 2.20. The lowest BCUT2D eigenvalue weighted by molar-refractivity contribution is 0.444. The normalized spacial score (nSPS) is 18.0. The van der Waals surface area contributed by atoms with Gasteiger partial charge in [-0.25, -0.2) is 4.98 Å². The van der Waals surface area contributed by atoms with Crippen molar-refractivity contribution in [2.75, 3.05) is 18.8 Å². The Hall–Kier alpha value is -1.55. The van der Waals surface area contributed by atoms with Gasteiger partial charge in [-0.2, -0.15) is 0 Å². The number of imidazole rings is 1. The molecule has 1 saturated heterocycles. The molecule has 1 aliphatic heterocycles. The smallest absolute Gasteiger partial charge is 0.118 e. The number of nitrogens with one attached hydrogen (secondary N) is 1. The molecule has 0 aliphatic carbocycles. The maximum Gasteiger partial charge on any atom is 0.118 e. The Bertz CT molecular complexity index is 497. The molecule has 4 heteroatoms. The minimum atomic E-state index is 0.536. The van der Waals surface area contributed by atoms with Crippen molar-refractivity contribution < 1.29 is 0 Å². The number of fused-ring (bicyclic) bond motifs is 1. The number of pyridine rings is 1. The summed E-state index contributed by atoms with van der Waals surface area (Å²) in [5.74, 6) is 2.44. The average molecular weight is 216 g/mol. The summed E-state index contributed by atoms with van der Waals surface area (Å²) < 4.78 is 2.08. The molecule has 4 nitrogen and oxygen atoms in total.